The fraction of sp³-hybridized carbons (Fsp3) is 0.682. The molecule has 0 unspecified atom stereocenters. The van der Waals surface area contributed by atoms with E-state index >= 15 is 0 Å². The third-order valence-corrected chi connectivity index (χ3v) is 6.55. The first-order valence-electron chi connectivity index (χ1n) is 10.7. The quantitative estimate of drug-likeness (QED) is 0.864. The van der Waals surface area contributed by atoms with E-state index in [-0.39, 0.29) is 17.9 Å². The monoisotopic (exact) mass is 371 g/mol. The number of anilines is 1. The number of hydrogen-bond acceptors (Lipinski definition) is 4. The van der Waals surface area contributed by atoms with E-state index in [9.17, 15) is 4.79 Å². The van der Waals surface area contributed by atoms with E-state index in [4.69, 9.17) is 4.74 Å². The number of likely N-dealkylation sites (N-methyl/N-ethyl adjacent to an activating group) is 1. The molecule has 148 valence electrons. The number of hydrogen-bond donors (Lipinski definition) is 1. The summed E-state index contributed by atoms with van der Waals surface area (Å²) in [5.41, 5.74) is 4.12. The third kappa shape index (κ3) is 4.30. The molecule has 1 aromatic rings. The molecular weight excluding hydrogens is 338 g/mol. The molecule has 2 heterocycles. The predicted molar refractivity (Wildman–Crippen MR) is 108 cm³/mol. The topological polar surface area (TPSA) is 44.8 Å². The number of nitrogens with one attached hydrogen (secondary N) is 1. The molecule has 2 aliphatic heterocycles. The summed E-state index contributed by atoms with van der Waals surface area (Å²) < 4.78 is 5.56. The van der Waals surface area contributed by atoms with Gasteiger partial charge in [-0.15, -0.1) is 0 Å². The van der Waals surface area contributed by atoms with Crippen LogP contribution in [-0.2, 0) is 16.0 Å². The molecule has 1 N–H and O–H groups in total. The lowest BCUT2D eigenvalue weighted by molar-refractivity contribution is -0.126. The van der Waals surface area contributed by atoms with Gasteiger partial charge in [0.2, 0.25) is 5.91 Å². The van der Waals surface area contributed by atoms with Crippen LogP contribution >= 0.6 is 0 Å². The standard InChI is InChI=1S/C22H33N3O2/c1-24-10-9-19-15-18(7-8-20(19)24)21(25-11-13-27-14-12-25)16-23-22(26)17-5-3-2-4-6-17/h7-8,15,17,21H,2-6,9-14,16H2,1H3,(H,23,26)/t21-/m1/s1. The number of rotatable bonds is 5. The van der Waals surface area contributed by atoms with Crippen LogP contribution < -0.4 is 10.2 Å². The zero-order valence-corrected chi connectivity index (χ0v) is 16.6. The van der Waals surface area contributed by atoms with Crippen LogP contribution in [0.4, 0.5) is 5.69 Å². The van der Waals surface area contributed by atoms with Crippen molar-refractivity contribution in [3.63, 3.8) is 0 Å². The first-order valence-corrected chi connectivity index (χ1v) is 10.7. The number of carbonyl (C=O) groups excluding carboxylic acids is 1. The number of carbonyl (C=O) groups is 1. The lowest BCUT2D eigenvalue weighted by Crippen LogP contribution is -2.45. The van der Waals surface area contributed by atoms with Gasteiger partial charge >= 0.3 is 0 Å². The number of benzene rings is 1. The molecule has 4 rings (SSSR count). The fourth-order valence-electron chi connectivity index (χ4n) is 4.85. The van der Waals surface area contributed by atoms with E-state index in [1.54, 1.807) is 0 Å². The molecule has 1 atom stereocenters. The Morgan fingerprint density at radius 1 is 1.19 bits per heavy atom. The van der Waals surface area contributed by atoms with Gasteiger partial charge in [-0.3, -0.25) is 9.69 Å². The van der Waals surface area contributed by atoms with Crippen molar-refractivity contribution >= 4 is 11.6 Å². The number of morpholine rings is 1. The second-order valence-corrected chi connectivity index (χ2v) is 8.30. The van der Waals surface area contributed by atoms with Gasteiger partial charge < -0.3 is 15.0 Å². The molecule has 2 fully saturated rings. The van der Waals surface area contributed by atoms with Crippen LogP contribution in [0, 0.1) is 5.92 Å². The highest BCUT2D eigenvalue weighted by Gasteiger charge is 2.27. The van der Waals surface area contributed by atoms with Gasteiger partial charge in [-0.05, 0) is 36.5 Å². The van der Waals surface area contributed by atoms with Crippen LogP contribution in [0.2, 0.25) is 0 Å². The SMILES string of the molecule is CN1CCc2cc([C@@H](CNC(=O)C3CCCCC3)N3CCOCC3)ccc21. The molecule has 0 spiro atoms. The Kier molecular flexibility index (Phi) is 5.98. The van der Waals surface area contributed by atoms with E-state index in [2.05, 4.69) is 40.4 Å². The second-order valence-electron chi connectivity index (χ2n) is 8.30. The van der Waals surface area contributed by atoms with E-state index in [0.717, 1.165) is 52.1 Å². The van der Waals surface area contributed by atoms with E-state index < -0.39 is 0 Å². The Hall–Kier alpha value is -1.59. The number of ether oxygens (including phenoxy) is 1. The van der Waals surface area contributed by atoms with E-state index in [1.807, 2.05) is 0 Å². The fourth-order valence-corrected chi connectivity index (χ4v) is 4.85. The van der Waals surface area contributed by atoms with Crippen molar-refractivity contribution in [2.75, 3.05) is 51.3 Å². The summed E-state index contributed by atoms with van der Waals surface area (Å²) in [4.78, 5) is 17.5. The summed E-state index contributed by atoms with van der Waals surface area (Å²) in [6, 6.07) is 7.12. The van der Waals surface area contributed by atoms with Crippen LogP contribution in [0.3, 0.4) is 0 Å². The maximum Gasteiger partial charge on any atom is 0.223 e. The Bertz CT molecular complexity index is 651. The van der Waals surface area contributed by atoms with Crippen molar-refractivity contribution in [3.05, 3.63) is 29.3 Å². The Morgan fingerprint density at radius 3 is 2.74 bits per heavy atom. The van der Waals surface area contributed by atoms with E-state index in [0.29, 0.717) is 6.54 Å². The zero-order chi connectivity index (χ0) is 18.6. The molecule has 1 amide bonds. The zero-order valence-electron chi connectivity index (χ0n) is 16.6. The molecule has 5 heteroatoms. The summed E-state index contributed by atoms with van der Waals surface area (Å²) in [5, 5.41) is 3.29. The van der Waals surface area contributed by atoms with Gasteiger partial charge in [0.25, 0.3) is 0 Å². The lowest BCUT2D eigenvalue weighted by atomic mass is 9.88. The molecule has 5 nitrogen and oxygen atoms in total. The molecule has 3 aliphatic rings. The molecular formula is C22H33N3O2. The summed E-state index contributed by atoms with van der Waals surface area (Å²) in [6.45, 7) is 5.22. The maximum absolute atomic E-state index is 12.7. The van der Waals surface area contributed by atoms with Crippen molar-refractivity contribution in [2.24, 2.45) is 5.92 Å². The van der Waals surface area contributed by atoms with Gasteiger partial charge in [-0.25, -0.2) is 0 Å². The average Bonchev–Trinajstić information content (AvgIpc) is 3.10. The van der Waals surface area contributed by atoms with Gasteiger partial charge in [0.1, 0.15) is 0 Å². The summed E-state index contributed by atoms with van der Waals surface area (Å²) in [6.07, 6.45) is 6.90. The molecule has 1 saturated heterocycles. The van der Waals surface area contributed by atoms with Gasteiger partial charge in [0, 0.05) is 44.8 Å². The van der Waals surface area contributed by atoms with Crippen molar-refractivity contribution in [1.82, 2.24) is 10.2 Å². The molecule has 0 bridgehead atoms. The van der Waals surface area contributed by atoms with Crippen LogP contribution in [0.25, 0.3) is 0 Å². The van der Waals surface area contributed by atoms with Crippen LogP contribution in [0.15, 0.2) is 18.2 Å². The minimum atomic E-state index is 0.220. The summed E-state index contributed by atoms with van der Waals surface area (Å²) in [5.74, 6) is 0.478. The number of nitrogens with zero attached hydrogens (tertiary/aromatic N) is 2. The summed E-state index contributed by atoms with van der Waals surface area (Å²) >= 11 is 0. The van der Waals surface area contributed by atoms with Gasteiger partial charge in [-0.1, -0.05) is 31.4 Å². The minimum Gasteiger partial charge on any atom is -0.379 e. The molecule has 0 radical (unpaired) electrons. The number of fused-ring (bicyclic) bond motifs is 1. The highest BCUT2D eigenvalue weighted by molar-refractivity contribution is 5.78. The molecule has 27 heavy (non-hydrogen) atoms. The van der Waals surface area contributed by atoms with Gasteiger partial charge in [0.05, 0.1) is 19.3 Å². The van der Waals surface area contributed by atoms with Crippen LogP contribution in [0.5, 0.6) is 0 Å². The second kappa shape index (κ2) is 8.61. The molecule has 0 aromatic heterocycles. The van der Waals surface area contributed by atoms with Gasteiger partial charge in [-0.2, -0.15) is 0 Å². The predicted octanol–water partition coefficient (Wildman–Crippen LogP) is 2.75. The maximum atomic E-state index is 12.7. The molecule has 1 aromatic carbocycles. The molecule has 1 aliphatic carbocycles. The van der Waals surface area contributed by atoms with Crippen LogP contribution in [0.1, 0.15) is 49.3 Å². The average molecular weight is 372 g/mol. The Morgan fingerprint density at radius 2 is 1.96 bits per heavy atom. The highest BCUT2D eigenvalue weighted by Crippen LogP contribution is 2.31. The normalized spacial score (nSPS) is 22.5. The lowest BCUT2D eigenvalue weighted by Gasteiger charge is -2.35. The van der Waals surface area contributed by atoms with Crippen molar-refractivity contribution in [3.8, 4) is 0 Å². The van der Waals surface area contributed by atoms with Crippen molar-refractivity contribution in [1.29, 1.82) is 0 Å². The Balaban J connectivity index is 1.48. The molecule has 1 saturated carbocycles. The summed E-state index contributed by atoms with van der Waals surface area (Å²) in [7, 11) is 2.16. The smallest absolute Gasteiger partial charge is 0.223 e. The highest BCUT2D eigenvalue weighted by atomic mass is 16.5. The van der Waals surface area contributed by atoms with Gasteiger partial charge in [0.15, 0.2) is 0 Å². The largest absolute Gasteiger partial charge is 0.379 e. The third-order valence-electron chi connectivity index (χ3n) is 6.55. The van der Waals surface area contributed by atoms with Crippen LogP contribution in [-0.4, -0.2) is 57.2 Å². The number of amides is 1. The van der Waals surface area contributed by atoms with Crippen molar-refractivity contribution < 1.29 is 9.53 Å². The first kappa shape index (κ1) is 18.8. The first-order chi connectivity index (χ1) is 13.2. The van der Waals surface area contributed by atoms with E-state index in [1.165, 1.54) is 36.1 Å². The Labute approximate surface area is 163 Å². The van der Waals surface area contributed by atoms with Crippen molar-refractivity contribution in [2.45, 2.75) is 44.6 Å². The minimum absolute atomic E-state index is 0.220.